The first-order chi connectivity index (χ1) is 9.35. The third-order valence-corrected chi connectivity index (χ3v) is 4.51. The van der Waals surface area contributed by atoms with Crippen LogP contribution in [-0.2, 0) is 28.0 Å². The molecular weight excluding hydrogens is 284 g/mol. The normalized spacial score (nSPS) is 19.6. The average Bonchev–Trinajstić information content (AvgIpc) is 2.80. The highest BCUT2D eigenvalue weighted by Gasteiger charge is 2.37. The number of rotatable bonds is 4. The number of aliphatic hydroxyl groups excluding tert-OH is 2. The van der Waals surface area contributed by atoms with Gasteiger partial charge in [0.25, 0.3) is 0 Å². The molecule has 0 spiro atoms. The summed E-state index contributed by atoms with van der Waals surface area (Å²) in [5.74, 6) is -0.344. The van der Waals surface area contributed by atoms with Gasteiger partial charge in [-0.1, -0.05) is 6.07 Å². The third-order valence-electron chi connectivity index (χ3n) is 3.27. The molecule has 0 saturated carbocycles. The summed E-state index contributed by atoms with van der Waals surface area (Å²) in [6.45, 7) is -0.486. The molecule has 2 rings (SSSR count). The number of aliphatic hydroxyl groups is 2. The molecular formula is C12H16N2O5S. The maximum Gasteiger partial charge on any atom is 0.228 e. The summed E-state index contributed by atoms with van der Waals surface area (Å²) < 4.78 is 22.6. The standard InChI is InChI=1S/C12H16N2O5S/c13-20(18,19)11-4-12(17)14(5-11)10-2-8(6-15)1-9(3-10)7-16/h1-3,11,15-16H,4-7H2,(H2,13,18,19). The molecule has 0 aromatic heterocycles. The predicted molar refractivity (Wildman–Crippen MR) is 72.2 cm³/mol. The smallest absolute Gasteiger partial charge is 0.228 e. The van der Waals surface area contributed by atoms with Gasteiger partial charge in [-0.2, -0.15) is 0 Å². The molecule has 1 aromatic rings. The Kier molecular flexibility index (Phi) is 4.09. The highest BCUT2D eigenvalue weighted by Crippen LogP contribution is 2.26. The van der Waals surface area contributed by atoms with Gasteiger partial charge in [0.1, 0.15) is 5.25 Å². The lowest BCUT2D eigenvalue weighted by atomic mass is 10.1. The molecule has 4 N–H and O–H groups in total. The second kappa shape index (κ2) is 5.49. The van der Waals surface area contributed by atoms with Crippen LogP contribution < -0.4 is 10.0 Å². The van der Waals surface area contributed by atoms with Gasteiger partial charge in [-0.25, -0.2) is 13.6 Å². The molecule has 1 unspecified atom stereocenters. The van der Waals surface area contributed by atoms with Crippen LogP contribution in [0.5, 0.6) is 0 Å². The summed E-state index contributed by atoms with van der Waals surface area (Å²) in [6, 6.07) is 4.78. The van der Waals surface area contributed by atoms with E-state index < -0.39 is 15.3 Å². The molecule has 1 aromatic carbocycles. The van der Waals surface area contributed by atoms with E-state index in [1.807, 2.05) is 0 Å². The molecule has 20 heavy (non-hydrogen) atoms. The summed E-state index contributed by atoms with van der Waals surface area (Å²) in [5, 5.41) is 22.5. The Balaban J connectivity index is 2.34. The number of anilines is 1. The number of sulfonamides is 1. The van der Waals surface area contributed by atoms with E-state index in [1.54, 1.807) is 18.2 Å². The number of carbonyl (C=O) groups excluding carboxylic acids is 1. The van der Waals surface area contributed by atoms with Gasteiger partial charge in [0.2, 0.25) is 15.9 Å². The second-order valence-corrected chi connectivity index (χ2v) is 6.59. The summed E-state index contributed by atoms with van der Waals surface area (Å²) >= 11 is 0. The van der Waals surface area contributed by atoms with Crippen molar-refractivity contribution in [3.8, 4) is 0 Å². The molecule has 1 saturated heterocycles. The minimum atomic E-state index is -3.77. The van der Waals surface area contributed by atoms with Crippen molar-refractivity contribution in [2.45, 2.75) is 24.9 Å². The van der Waals surface area contributed by atoms with Gasteiger partial charge in [-0.3, -0.25) is 4.79 Å². The molecule has 0 radical (unpaired) electrons. The Labute approximate surface area is 116 Å². The van der Waals surface area contributed by atoms with Gasteiger partial charge in [0.05, 0.1) is 13.2 Å². The molecule has 0 aliphatic carbocycles. The Morgan fingerprint density at radius 2 is 1.75 bits per heavy atom. The molecule has 1 atom stereocenters. The van der Waals surface area contributed by atoms with Crippen LogP contribution in [0.3, 0.4) is 0 Å². The van der Waals surface area contributed by atoms with Gasteiger partial charge >= 0.3 is 0 Å². The van der Waals surface area contributed by atoms with Crippen LogP contribution in [0.25, 0.3) is 0 Å². The molecule has 1 amide bonds. The van der Waals surface area contributed by atoms with E-state index in [0.29, 0.717) is 16.8 Å². The minimum Gasteiger partial charge on any atom is -0.392 e. The Morgan fingerprint density at radius 3 is 2.15 bits per heavy atom. The number of benzene rings is 1. The summed E-state index contributed by atoms with van der Waals surface area (Å²) in [6.07, 6.45) is -0.156. The molecule has 1 heterocycles. The van der Waals surface area contributed by atoms with Crippen molar-refractivity contribution in [3.63, 3.8) is 0 Å². The SMILES string of the molecule is NS(=O)(=O)C1CC(=O)N(c2cc(CO)cc(CO)c2)C1. The van der Waals surface area contributed by atoms with Crippen molar-refractivity contribution in [1.82, 2.24) is 0 Å². The first kappa shape index (κ1) is 14.9. The first-order valence-electron chi connectivity index (χ1n) is 6.01. The van der Waals surface area contributed by atoms with Gasteiger partial charge in [-0.15, -0.1) is 0 Å². The fourth-order valence-electron chi connectivity index (χ4n) is 2.23. The van der Waals surface area contributed by atoms with E-state index in [0.717, 1.165) is 0 Å². The fourth-order valence-corrected chi connectivity index (χ4v) is 2.96. The largest absolute Gasteiger partial charge is 0.392 e. The van der Waals surface area contributed by atoms with Crippen LogP contribution in [0.1, 0.15) is 17.5 Å². The van der Waals surface area contributed by atoms with Crippen LogP contribution in [-0.4, -0.2) is 36.3 Å². The topological polar surface area (TPSA) is 121 Å². The lowest BCUT2D eigenvalue weighted by Crippen LogP contribution is -2.32. The highest BCUT2D eigenvalue weighted by atomic mass is 32.2. The van der Waals surface area contributed by atoms with Crippen LogP contribution in [0.4, 0.5) is 5.69 Å². The Morgan fingerprint density at radius 1 is 1.20 bits per heavy atom. The van der Waals surface area contributed by atoms with E-state index in [1.165, 1.54) is 4.90 Å². The van der Waals surface area contributed by atoms with Crippen molar-refractivity contribution >= 4 is 21.6 Å². The number of nitrogens with zero attached hydrogens (tertiary/aromatic N) is 1. The minimum absolute atomic E-state index is 0.0165. The molecule has 1 aliphatic rings. The number of primary sulfonamides is 1. The van der Waals surface area contributed by atoms with Gasteiger partial charge in [-0.05, 0) is 23.3 Å². The van der Waals surface area contributed by atoms with Crippen molar-refractivity contribution in [1.29, 1.82) is 0 Å². The Bertz CT molecular complexity index is 606. The highest BCUT2D eigenvalue weighted by molar-refractivity contribution is 7.89. The molecule has 0 bridgehead atoms. The van der Waals surface area contributed by atoms with E-state index in [2.05, 4.69) is 0 Å². The van der Waals surface area contributed by atoms with Crippen LogP contribution in [0.2, 0.25) is 0 Å². The Hall–Kier alpha value is -1.48. The third kappa shape index (κ3) is 2.98. The maximum absolute atomic E-state index is 11.9. The summed E-state index contributed by atoms with van der Waals surface area (Å²) in [4.78, 5) is 13.2. The second-order valence-electron chi connectivity index (χ2n) is 4.74. The zero-order valence-electron chi connectivity index (χ0n) is 10.7. The first-order valence-corrected chi connectivity index (χ1v) is 7.62. The number of amides is 1. The lowest BCUT2D eigenvalue weighted by molar-refractivity contribution is -0.117. The van der Waals surface area contributed by atoms with Crippen molar-refractivity contribution in [2.75, 3.05) is 11.4 Å². The van der Waals surface area contributed by atoms with Gasteiger partial charge < -0.3 is 15.1 Å². The number of hydrogen-bond donors (Lipinski definition) is 3. The fraction of sp³-hybridized carbons (Fsp3) is 0.417. The van der Waals surface area contributed by atoms with E-state index in [-0.39, 0.29) is 32.1 Å². The van der Waals surface area contributed by atoms with E-state index in [9.17, 15) is 23.4 Å². The van der Waals surface area contributed by atoms with Crippen molar-refractivity contribution in [3.05, 3.63) is 29.3 Å². The average molecular weight is 300 g/mol. The summed E-state index contributed by atoms with van der Waals surface area (Å²) in [5.41, 5.74) is 1.54. The lowest BCUT2D eigenvalue weighted by Gasteiger charge is -2.18. The number of hydrogen-bond acceptors (Lipinski definition) is 5. The molecule has 7 nitrogen and oxygen atoms in total. The number of nitrogens with two attached hydrogens (primary N) is 1. The monoisotopic (exact) mass is 300 g/mol. The van der Waals surface area contributed by atoms with E-state index in [4.69, 9.17) is 5.14 Å². The predicted octanol–water partition coefficient (Wildman–Crippen LogP) is -0.935. The van der Waals surface area contributed by atoms with Crippen molar-refractivity contribution in [2.24, 2.45) is 5.14 Å². The zero-order chi connectivity index (χ0) is 14.9. The molecule has 1 aliphatic heterocycles. The molecule has 110 valence electrons. The molecule has 8 heteroatoms. The van der Waals surface area contributed by atoms with Crippen molar-refractivity contribution < 1.29 is 23.4 Å². The van der Waals surface area contributed by atoms with Crippen LogP contribution >= 0.6 is 0 Å². The quantitative estimate of drug-likeness (QED) is 0.663. The van der Waals surface area contributed by atoms with Gasteiger partial charge in [0.15, 0.2) is 0 Å². The maximum atomic E-state index is 11.9. The van der Waals surface area contributed by atoms with E-state index >= 15 is 0 Å². The summed E-state index contributed by atoms with van der Waals surface area (Å²) in [7, 11) is -3.77. The molecule has 1 fully saturated rings. The van der Waals surface area contributed by atoms with Crippen LogP contribution in [0.15, 0.2) is 18.2 Å². The zero-order valence-corrected chi connectivity index (χ0v) is 11.5. The van der Waals surface area contributed by atoms with Gasteiger partial charge in [0, 0.05) is 18.7 Å². The number of carbonyl (C=O) groups is 1. The van der Waals surface area contributed by atoms with Crippen LogP contribution in [0, 0.1) is 0 Å².